The number of H-pyrrole nitrogens is 1. The van der Waals surface area contributed by atoms with Gasteiger partial charge in [-0.2, -0.15) is 0 Å². The van der Waals surface area contributed by atoms with Gasteiger partial charge in [0.25, 0.3) is 11.5 Å². The van der Waals surface area contributed by atoms with E-state index in [1.807, 2.05) is 35.2 Å². The molecule has 0 atom stereocenters. The summed E-state index contributed by atoms with van der Waals surface area (Å²) < 4.78 is 14.9. The predicted molar refractivity (Wildman–Crippen MR) is 134 cm³/mol. The number of nitrogens with one attached hydrogen (secondary N) is 2. The summed E-state index contributed by atoms with van der Waals surface area (Å²) in [5.74, 6) is -0.639. The molecule has 0 aliphatic carbocycles. The largest absolute Gasteiger partial charge is 0.367 e. The molecule has 2 aliphatic rings. The molecule has 2 N–H and O–H groups in total. The Morgan fingerprint density at radius 1 is 1.09 bits per heavy atom. The smallest absolute Gasteiger partial charge is 0.265 e. The molecule has 4 heterocycles. The highest BCUT2D eigenvalue weighted by Gasteiger charge is 2.22. The van der Waals surface area contributed by atoms with E-state index in [0.717, 1.165) is 61.2 Å². The third-order valence-corrected chi connectivity index (χ3v) is 6.90. The highest BCUT2D eigenvalue weighted by Crippen LogP contribution is 2.23. The van der Waals surface area contributed by atoms with Crippen molar-refractivity contribution in [1.29, 1.82) is 0 Å². The first kappa shape index (κ1) is 23.4. The minimum absolute atomic E-state index is 0.0610. The topological polar surface area (TPSA) is 84.6 Å². The van der Waals surface area contributed by atoms with Crippen LogP contribution in [-0.4, -0.2) is 65.1 Å². The molecule has 8 nitrogen and oxygen atoms in total. The number of nitrogens with zero attached hydrogens (tertiary/aromatic N) is 4. The second-order valence-corrected chi connectivity index (χ2v) is 9.32. The fourth-order valence-electron chi connectivity index (χ4n) is 4.86. The number of anilines is 1. The van der Waals surface area contributed by atoms with E-state index in [-0.39, 0.29) is 17.3 Å². The molecule has 2 aliphatic heterocycles. The SMILES string of the molecule is CCc1cc2ncc(CN3CCN(c4ccc(C(=O)NN5CCCC5)cc4F)CC3)cc2[nH]c1=O. The van der Waals surface area contributed by atoms with Crippen LogP contribution < -0.4 is 15.9 Å². The number of amides is 1. The van der Waals surface area contributed by atoms with E-state index in [1.54, 1.807) is 12.1 Å². The van der Waals surface area contributed by atoms with E-state index in [9.17, 15) is 14.0 Å². The highest BCUT2D eigenvalue weighted by molar-refractivity contribution is 5.94. The number of rotatable bonds is 6. The van der Waals surface area contributed by atoms with Crippen molar-refractivity contribution in [2.75, 3.05) is 44.2 Å². The molecule has 1 aromatic carbocycles. The van der Waals surface area contributed by atoms with Crippen LogP contribution >= 0.6 is 0 Å². The average Bonchev–Trinajstić information content (AvgIpc) is 3.37. The van der Waals surface area contributed by atoms with Gasteiger partial charge in [0.2, 0.25) is 0 Å². The van der Waals surface area contributed by atoms with Crippen LogP contribution in [0.3, 0.4) is 0 Å². The highest BCUT2D eigenvalue weighted by atomic mass is 19.1. The molecule has 1 amide bonds. The summed E-state index contributed by atoms with van der Waals surface area (Å²) in [6.07, 6.45) is 4.67. The molecule has 2 saturated heterocycles. The number of aryl methyl sites for hydroxylation is 1. The molecular weight excluding hydrogens is 447 g/mol. The van der Waals surface area contributed by atoms with E-state index in [1.165, 1.54) is 6.07 Å². The Balaban J connectivity index is 1.19. The molecule has 3 aromatic rings. The van der Waals surface area contributed by atoms with Crippen LogP contribution in [0.4, 0.5) is 10.1 Å². The van der Waals surface area contributed by atoms with E-state index < -0.39 is 0 Å². The van der Waals surface area contributed by atoms with Crippen molar-refractivity contribution in [3.8, 4) is 0 Å². The lowest BCUT2D eigenvalue weighted by atomic mass is 10.1. The molecule has 0 saturated carbocycles. The van der Waals surface area contributed by atoms with Gasteiger partial charge in [-0.15, -0.1) is 0 Å². The van der Waals surface area contributed by atoms with Gasteiger partial charge in [-0.25, -0.2) is 9.40 Å². The van der Waals surface area contributed by atoms with E-state index in [2.05, 4.69) is 20.3 Å². The normalized spacial score (nSPS) is 17.3. The van der Waals surface area contributed by atoms with Crippen molar-refractivity contribution in [3.63, 3.8) is 0 Å². The first-order chi connectivity index (χ1) is 17.0. The number of hydrogen-bond donors (Lipinski definition) is 2. The van der Waals surface area contributed by atoms with Gasteiger partial charge in [-0.3, -0.25) is 24.9 Å². The molecule has 2 fully saturated rings. The molecule has 35 heavy (non-hydrogen) atoms. The lowest BCUT2D eigenvalue weighted by Crippen LogP contribution is -2.46. The fraction of sp³-hybridized carbons (Fsp3) is 0.423. The minimum Gasteiger partial charge on any atom is -0.367 e. The predicted octanol–water partition coefficient (Wildman–Crippen LogP) is 2.69. The van der Waals surface area contributed by atoms with Gasteiger partial charge < -0.3 is 9.88 Å². The molecule has 2 aromatic heterocycles. The van der Waals surface area contributed by atoms with Gasteiger partial charge in [-0.05, 0) is 55.2 Å². The Morgan fingerprint density at radius 3 is 2.57 bits per heavy atom. The first-order valence-electron chi connectivity index (χ1n) is 12.3. The number of hydrazine groups is 1. The maximum atomic E-state index is 14.9. The average molecular weight is 479 g/mol. The van der Waals surface area contributed by atoms with Crippen LogP contribution in [0, 0.1) is 5.82 Å². The van der Waals surface area contributed by atoms with Crippen molar-refractivity contribution in [2.24, 2.45) is 0 Å². The number of benzene rings is 1. The molecule has 0 spiro atoms. The minimum atomic E-state index is -0.373. The molecule has 9 heteroatoms. The third kappa shape index (κ3) is 5.21. The van der Waals surface area contributed by atoms with Crippen LogP contribution in [0.25, 0.3) is 11.0 Å². The van der Waals surface area contributed by atoms with Gasteiger partial charge in [0.15, 0.2) is 0 Å². The van der Waals surface area contributed by atoms with Crippen molar-refractivity contribution < 1.29 is 9.18 Å². The van der Waals surface area contributed by atoms with Crippen LogP contribution in [0.2, 0.25) is 0 Å². The van der Waals surface area contributed by atoms with Crippen molar-refractivity contribution in [1.82, 2.24) is 25.3 Å². The van der Waals surface area contributed by atoms with Gasteiger partial charge >= 0.3 is 0 Å². The van der Waals surface area contributed by atoms with Crippen LogP contribution in [0.5, 0.6) is 0 Å². The van der Waals surface area contributed by atoms with Gasteiger partial charge in [0.05, 0.1) is 16.7 Å². The number of carbonyl (C=O) groups is 1. The number of halogens is 1. The molecule has 0 bridgehead atoms. The van der Waals surface area contributed by atoms with Gasteiger partial charge in [0.1, 0.15) is 5.82 Å². The summed E-state index contributed by atoms with van der Waals surface area (Å²) in [4.78, 5) is 36.4. The van der Waals surface area contributed by atoms with Crippen molar-refractivity contribution >= 4 is 22.6 Å². The van der Waals surface area contributed by atoms with Crippen LogP contribution in [0.1, 0.15) is 41.3 Å². The maximum Gasteiger partial charge on any atom is 0.265 e. The standard InChI is InChI=1S/C26H31FN6O2/c1-2-19-15-22-23(29-25(19)34)13-18(16-28-22)17-31-9-11-32(12-10-31)24-6-5-20(14-21(24)27)26(35)30-33-7-3-4-8-33/h5-6,13-16H,2-4,7-12,17H2,1H3,(H,29,34)(H,30,35). The number of aromatic nitrogens is 2. The van der Waals surface area contributed by atoms with Crippen molar-refractivity contribution in [2.45, 2.75) is 32.7 Å². The second kappa shape index (κ2) is 10.1. The Hall–Kier alpha value is -3.30. The number of piperazine rings is 1. The lowest BCUT2D eigenvalue weighted by molar-refractivity contribution is 0.0825. The Morgan fingerprint density at radius 2 is 1.86 bits per heavy atom. The molecule has 0 radical (unpaired) electrons. The lowest BCUT2D eigenvalue weighted by Gasteiger charge is -2.36. The zero-order valence-electron chi connectivity index (χ0n) is 20.0. The monoisotopic (exact) mass is 478 g/mol. The zero-order chi connectivity index (χ0) is 24.4. The summed E-state index contributed by atoms with van der Waals surface area (Å²) in [7, 11) is 0. The van der Waals surface area contributed by atoms with E-state index in [4.69, 9.17) is 0 Å². The van der Waals surface area contributed by atoms with Gasteiger partial charge in [0, 0.05) is 63.1 Å². The summed E-state index contributed by atoms with van der Waals surface area (Å²) >= 11 is 0. The van der Waals surface area contributed by atoms with E-state index >= 15 is 0 Å². The molecule has 184 valence electrons. The number of pyridine rings is 2. The fourth-order valence-corrected chi connectivity index (χ4v) is 4.86. The summed E-state index contributed by atoms with van der Waals surface area (Å²) in [5.41, 5.74) is 6.97. The number of carbonyl (C=O) groups excluding carboxylic acids is 1. The van der Waals surface area contributed by atoms with E-state index in [0.29, 0.717) is 37.3 Å². The number of hydrogen-bond acceptors (Lipinski definition) is 6. The second-order valence-electron chi connectivity index (χ2n) is 9.32. The molecule has 5 rings (SSSR count). The zero-order valence-corrected chi connectivity index (χ0v) is 20.0. The van der Waals surface area contributed by atoms with Crippen LogP contribution in [-0.2, 0) is 13.0 Å². The number of fused-ring (bicyclic) bond motifs is 1. The Kier molecular flexibility index (Phi) is 6.79. The summed E-state index contributed by atoms with van der Waals surface area (Å²) in [5, 5.41) is 1.89. The Bertz CT molecular complexity index is 1280. The third-order valence-electron chi connectivity index (χ3n) is 6.90. The first-order valence-corrected chi connectivity index (χ1v) is 12.3. The number of aromatic amines is 1. The van der Waals surface area contributed by atoms with Crippen LogP contribution in [0.15, 0.2) is 41.3 Å². The molecule has 0 unspecified atom stereocenters. The molecular formula is C26H31FN6O2. The van der Waals surface area contributed by atoms with Crippen molar-refractivity contribution in [3.05, 3.63) is 69.4 Å². The Labute approximate surface area is 203 Å². The van der Waals surface area contributed by atoms with Gasteiger partial charge in [-0.1, -0.05) is 6.92 Å². The maximum absolute atomic E-state index is 14.9. The summed E-state index contributed by atoms with van der Waals surface area (Å²) in [6.45, 7) is 7.28. The summed E-state index contributed by atoms with van der Waals surface area (Å²) in [6, 6.07) is 8.58. The quantitative estimate of drug-likeness (QED) is 0.567.